The van der Waals surface area contributed by atoms with Crippen molar-refractivity contribution in [2.75, 3.05) is 27.4 Å². The number of benzene rings is 3. The summed E-state index contributed by atoms with van der Waals surface area (Å²) < 4.78 is 22.5. The first kappa shape index (κ1) is 27.9. The van der Waals surface area contributed by atoms with Crippen molar-refractivity contribution in [3.8, 4) is 17.2 Å². The molecule has 0 bridgehead atoms. The number of rotatable bonds is 13. The molecule has 0 aliphatic carbocycles. The number of nitrogens with one attached hydrogen (secondary N) is 2. The van der Waals surface area contributed by atoms with E-state index in [0.717, 1.165) is 16.7 Å². The van der Waals surface area contributed by atoms with Gasteiger partial charge < -0.3 is 24.1 Å². The molecule has 9 nitrogen and oxygen atoms in total. The second-order valence-corrected chi connectivity index (χ2v) is 9.24. The molecular weight excluding hydrogens is 498 g/mol. The van der Waals surface area contributed by atoms with Gasteiger partial charge in [0.2, 0.25) is 5.90 Å². The predicted octanol–water partition coefficient (Wildman–Crippen LogP) is 3.43. The zero-order chi connectivity index (χ0) is 27.7. The quantitative estimate of drug-likeness (QED) is 0.228. The van der Waals surface area contributed by atoms with Gasteiger partial charge in [0, 0.05) is 37.6 Å². The summed E-state index contributed by atoms with van der Waals surface area (Å²) in [5, 5.41) is 8.95. The summed E-state index contributed by atoms with van der Waals surface area (Å²) in [4.78, 5) is 18.6. The van der Waals surface area contributed by atoms with Crippen molar-refractivity contribution in [1.29, 1.82) is 0 Å². The molecule has 39 heavy (non-hydrogen) atoms. The van der Waals surface area contributed by atoms with Gasteiger partial charge in [0.15, 0.2) is 5.54 Å². The summed E-state index contributed by atoms with van der Waals surface area (Å²) in [5.41, 5.74) is 7.29. The molecule has 4 rings (SSSR count). The first-order valence-corrected chi connectivity index (χ1v) is 12.9. The van der Waals surface area contributed by atoms with Crippen LogP contribution in [0, 0.1) is 0 Å². The molecule has 3 aromatic rings. The summed E-state index contributed by atoms with van der Waals surface area (Å²) in [6.07, 6.45) is 0.402. The number of aliphatic hydroxyl groups is 1. The molecule has 0 spiro atoms. The van der Waals surface area contributed by atoms with E-state index < -0.39 is 11.6 Å². The third-order valence-corrected chi connectivity index (χ3v) is 6.55. The fourth-order valence-corrected chi connectivity index (χ4v) is 4.35. The van der Waals surface area contributed by atoms with E-state index in [4.69, 9.17) is 29.0 Å². The summed E-state index contributed by atoms with van der Waals surface area (Å²) in [6, 6.07) is 22.7. The number of carbonyl (C=O) groups is 1. The highest BCUT2D eigenvalue weighted by molar-refractivity contribution is 6.00. The van der Waals surface area contributed by atoms with E-state index in [9.17, 15) is 4.79 Å². The van der Waals surface area contributed by atoms with Crippen LogP contribution >= 0.6 is 0 Å². The predicted molar refractivity (Wildman–Crippen MR) is 148 cm³/mol. The normalized spacial score (nSPS) is 18.2. The molecule has 1 heterocycles. The van der Waals surface area contributed by atoms with Gasteiger partial charge in [0.25, 0.3) is 5.91 Å². The van der Waals surface area contributed by atoms with Gasteiger partial charge in [-0.05, 0) is 54.4 Å². The highest BCUT2D eigenvalue weighted by Gasteiger charge is 2.50. The van der Waals surface area contributed by atoms with E-state index in [1.807, 2.05) is 73.7 Å². The van der Waals surface area contributed by atoms with Crippen molar-refractivity contribution in [3.63, 3.8) is 0 Å². The van der Waals surface area contributed by atoms with Crippen LogP contribution in [0.2, 0.25) is 0 Å². The van der Waals surface area contributed by atoms with Crippen LogP contribution in [0.3, 0.4) is 0 Å². The summed E-state index contributed by atoms with van der Waals surface area (Å²) >= 11 is 0. The fourth-order valence-electron chi connectivity index (χ4n) is 4.35. The first-order valence-electron chi connectivity index (χ1n) is 12.9. The average molecular weight is 534 g/mol. The van der Waals surface area contributed by atoms with Crippen molar-refractivity contribution in [1.82, 2.24) is 10.9 Å². The van der Waals surface area contributed by atoms with Gasteiger partial charge in [-0.25, -0.2) is 10.4 Å². The average Bonchev–Trinajstić information content (AvgIpc) is 3.30. The van der Waals surface area contributed by atoms with Crippen LogP contribution in [0.5, 0.6) is 17.2 Å². The lowest BCUT2D eigenvalue weighted by molar-refractivity contribution is -0.129. The number of ether oxygens (including phenoxy) is 4. The Labute approximate surface area is 228 Å². The Kier molecular flexibility index (Phi) is 9.40. The third-order valence-electron chi connectivity index (χ3n) is 6.55. The lowest BCUT2D eigenvalue weighted by Crippen LogP contribution is -2.55. The number of amides is 1. The number of hydrogen-bond acceptors (Lipinski definition) is 8. The molecule has 0 fully saturated rings. The molecule has 0 aromatic heterocycles. The maximum Gasteiger partial charge on any atom is 0.266 e. The first-order chi connectivity index (χ1) is 19.0. The number of aliphatic hydroxyl groups excluding tert-OH is 1. The number of carbonyl (C=O) groups excluding carboxylic acids is 1. The van der Waals surface area contributed by atoms with Crippen molar-refractivity contribution >= 4 is 11.8 Å². The van der Waals surface area contributed by atoms with E-state index in [1.165, 1.54) is 0 Å². The fraction of sp³-hybridized carbons (Fsp3) is 0.333. The van der Waals surface area contributed by atoms with Crippen molar-refractivity contribution in [2.24, 2.45) is 4.99 Å². The van der Waals surface area contributed by atoms with E-state index in [1.54, 1.807) is 20.3 Å². The van der Waals surface area contributed by atoms with Crippen LogP contribution in [0.1, 0.15) is 30.0 Å². The van der Waals surface area contributed by atoms with Crippen LogP contribution in [-0.4, -0.2) is 56.0 Å². The van der Waals surface area contributed by atoms with E-state index >= 15 is 0 Å². The number of nitrogens with zero attached hydrogens (tertiary/aromatic N) is 1. The maximum atomic E-state index is 13.7. The van der Waals surface area contributed by atoms with Crippen molar-refractivity contribution in [2.45, 2.75) is 38.0 Å². The van der Waals surface area contributed by atoms with Crippen molar-refractivity contribution in [3.05, 3.63) is 89.5 Å². The van der Waals surface area contributed by atoms with Crippen LogP contribution in [0.25, 0.3) is 0 Å². The van der Waals surface area contributed by atoms with E-state index in [2.05, 4.69) is 10.9 Å². The highest BCUT2D eigenvalue weighted by atomic mass is 16.5. The minimum absolute atomic E-state index is 0.0781. The lowest BCUT2D eigenvalue weighted by atomic mass is 9.86. The van der Waals surface area contributed by atoms with Gasteiger partial charge in [-0.1, -0.05) is 30.3 Å². The van der Waals surface area contributed by atoms with Gasteiger partial charge in [-0.15, -0.1) is 0 Å². The lowest BCUT2D eigenvalue weighted by Gasteiger charge is -2.28. The second kappa shape index (κ2) is 13.1. The smallest absolute Gasteiger partial charge is 0.266 e. The van der Waals surface area contributed by atoms with E-state index in [-0.39, 0.29) is 12.5 Å². The number of hydrazine groups is 1. The molecule has 0 unspecified atom stereocenters. The minimum atomic E-state index is -1.19. The topological polar surface area (TPSA) is 111 Å². The number of hydrogen-bond donors (Lipinski definition) is 3. The second-order valence-electron chi connectivity index (χ2n) is 9.24. The molecule has 3 N–H and O–H groups in total. The Balaban J connectivity index is 1.54. The molecule has 1 aliphatic rings. The Hall–Kier alpha value is -4.08. The summed E-state index contributed by atoms with van der Waals surface area (Å²) in [5.74, 6) is 2.11. The molecule has 3 aromatic carbocycles. The molecule has 9 heteroatoms. The zero-order valence-electron chi connectivity index (χ0n) is 22.5. The van der Waals surface area contributed by atoms with E-state index in [0.29, 0.717) is 49.1 Å². The van der Waals surface area contributed by atoms with Gasteiger partial charge in [0.05, 0.1) is 20.8 Å². The maximum absolute atomic E-state index is 13.7. The largest absolute Gasteiger partial charge is 0.497 e. The standard InChI is InChI=1S/C30H35N3O6/c1-21-30(19-22-8-5-4-6-9-22,29(35)33-31-20-23-16-26(36-2)18-27(17-23)37-3)32-28(39-21)24-10-12-25(13-11-24)38-15-7-14-34/h4-6,8-13,16-18,21,31,34H,7,14-15,19-20H2,1-3H3,(H,33,35)/t21-,30-/m0/s1. The summed E-state index contributed by atoms with van der Waals surface area (Å²) in [7, 11) is 3.19. The number of methoxy groups -OCH3 is 2. The van der Waals surface area contributed by atoms with Crippen LogP contribution in [-0.2, 0) is 22.5 Å². The number of aliphatic imine (C=N–C) groups is 1. The SMILES string of the molecule is COc1cc(CNNC(=O)[C@@]2(Cc3ccccc3)N=C(c3ccc(OCCCO)cc3)O[C@H]2C)cc(OC)c1. The molecule has 0 saturated carbocycles. The Morgan fingerprint density at radius 2 is 1.67 bits per heavy atom. The Bertz CT molecular complexity index is 1240. The highest BCUT2D eigenvalue weighted by Crippen LogP contribution is 2.33. The van der Waals surface area contributed by atoms with Gasteiger partial charge >= 0.3 is 0 Å². The molecule has 0 radical (unpaired) electrons. The van der Waals surface area contributed by atoms with Crippen molar-refractivity contribution < 1.29 is 28.8 Å². The van der Waals surface area contributed by atoms with Crippen LogP contribution < -0.4 is 25.1 Å². The van der Waals surface area contributed by atoms with Gasteiger partial charge in [0.1, 0.15) is 23.4 Å². The summed E-state index contributed by atoms with van der Waals surface area (Å²) in [6.45, 7) is 2.72. The Morgan fingerprint density at radius 1 is 0.974 bits per heavy atom. The minimum Gasteiger partial charge on any atom is -0.497 e. The molecule has 1 aliphatic heterocycles. The Morgan fingerprint density at radius 3 is 2.31 bits per heavy atom. The molecular formula is C30H35N3O6. The van der Waals surface area contributed by atoms with Crippen LogP contribution in [0.15, 0.2) is 77.8 Å². The zero-order valence-corrected chi connectivity index (χ0v) is 22.5. The molecule has 0 saturated heterocycles. The molecule has 206 valence electrons. The monoisotopic (exact) mass is 533 g/mol. The van der Waals surface area contributed by atoms with Gasteiger partial charge in [-0.3, -0.25) is 10.2 Å². The molecule has 2 atom stereocenters. The third kappa shape index (κ3) is 6.87. The van der Waals surface area contributed by atoms with Crippen LogP contribution in [0.4, 0.5) is 0 Å². The molecule has 1 amide bonds. The van der Waals surface area contributed by atoms with Gasteiger partial charge in [-0.2, -0.15) is 0 Å².